The summed E-state index contributed by atoms with van der Waals surface area (Å²) in [5.74, 6) is 0.688. The van der Waals surface area contributed by atoms with Crippen LogP contribution in [0.5, 0.6) is 5.88 Å². The van der Waals surface area contributed by atoms with Gasteiger partial charge in [-0.1, -0.05) is 36.4 Å². The molecule has 0 aliphatic carbocycles. The highest BCUT2D eigenvalue weighted by Gasteiger charge is 2.19. The van der Waals surface area contributed by atoms with Crippen LogP contribution < -0.4 is 10.1 Å². The Morgan fingerprint density at radius 2 is 1.84 bits per heavy atom. The number of amides is 1. The van der Waals surface area contributed by atoms with Gasteiger partial charge in [0.25, 0.3) is 5.91 Å². The molecule has 0 radical (unpaired) electrons. The van der Waals surface area contributed by atoms with E-state index in [1.54, 1.807) is 4.68 Å². The van der Waals surface area contributed by atoms with E-state index in [2.05, 4.69) is 15.4 Å². The second kappa shape index (κ2) is 7.81. The molecule has 0 saturated heterocycles. The van der Waals surface area contributed by atoms with Crippen LogP contribution in [0.15, 0.2) is 60.8 Å². The minimum atomic E-state index is -0.302. The molecule has 4 aromatic heterocycles. The zero-order valence-corrected chi connectivity index (χ0v) is 18.0. The van der Waals surface area contributed by atoms with E-state index in [1.807, 2.05) is 86.1 Å². The van der Waals surface area contributed by atoms with E-state index >= 15 is 0 Å². The predicted molar refractivity (Wildman–Crippen MR) is 123 cm³/mol. The number of anilines is 1. The summed E-state index contributed by atoms with van der Waals surface area (Å²) < 4.78 is 9.34. The second-order valence-electron chi connectivity index (χ2n) is 7.65. The van der Waals surface area contributed by atoms with Crippen LogP contribution in [0.1, 0.15) is 11.3 Å². The number of imidazole rings is 1. The Kier molecular flexibility index (Phi) is 4.82. The van der Waals surface area contributed by atoms with Crippen LogP contribution in [0.4, 0.5) is 5.82 Å². The van der Waals surface area contributed by atoms with Crippen molar-refractivity contribution in [1.82, 2.24) is 24.1 Å². The molecular formula is C24H22N6O2. The smallest absolute Gasteiger partial charge is 0.263 e. The molecule has 0 fully saturated rings. The highest BCUT2D eigenvalue weighted by atomic mass is 16.5. The van der Waals surface area contributed by atoms with Gasteiger partial charge in [0.15, 0.2) is 12.3 Å². The van der Waals surface area contributed by atoms with Crippen molar-refractivity contribution in [3.63, 3.8) is 0 Å². The highest BCUT2D eigenvalue weighted by molar-refractivity contribution is 5.96. The van der Waals surface area contributed by atoms with E-state index in [1.165, 1.54) is 0 Å². The van der Waals surface area contributed by atoms with E-state index < -0.39 is 0 Å². The number of rotatable bonds is 5. The van der Waals surface area contributed by atoms with Crippen molar-refractivity contribution in [3.8, 4) is 17.1 Å². The van der Waals surface area contributed by atoms with Crippen LogP contribution >= 0.6 is 0 Å². The first-order valence-corrected chi connectivity index (χ1v) is 10.3. The molecule has 0 atom stereocenters. The number of carbonyl (C=O) groups excluding carboxylic acids is 1. The Balaban J connectivity index is 1.43. The van der Waals surface area contributed by atoms with Gasteiger partial charge < -0.3 is 10.1 Å². The molecule has 0 saturated carbocycles. The van der Waals surface area contributed by atoms with Crippen molar-refractivity contribution in [2.24, 2.45) is 7.05 Å². The molecule has 1 amide bonds. The fourth-order valence-corrected chi connectivity index (χ4v) is 3.86. The fraction of sp³-hybridized carbons (Fsp3) is 0.167. The molecule has 0 unspecified atom stereocenters. The fourth-order valence-electron chi connectivity index (χ4n) is 3.86. The molecule has 1 aromatic carbocycles. The third-order valence-corrected chi connectivity index (χ3v) is 5.26. The summed E-state index contributed by atoms with van der Waals surface area (Å²) in [5, 5.41) is 8.19. The third kappa shape index (κ3) is 3.45. The standard InChI is InChI=1S/C24H22N6O2/c1-15-13-16(2)25-22-20(15)24(28-29(22)3)32-14-19(31)27-23-21(17-9-5-4-6-10-17)26-18-11-7-8-12-30(18)23/h4-13H,14H2,1-3H3,(H,27,31). The van der Waals surface area contributed by atoms with Crippen molar-refractivity contribution in [1.29, 1.82) is 0 Å². The summed E-state index contributed by atoms with van der Waals surface area (Å²) in [6, 6.07) is 17.4. The molecule has 5 aromatic rings. The first kappa shape index (κ1) is 19.7. The Labute approximate surface area is 184 Å². The van der Waals surface area contributed by atoms with Crippen LogP contribution in [0.2, 0.25) is 0 Å². The lowest BCUT2D eigenvalue weighted by Gasteiger charge is -2.09. The zero-order valence-electron chi connectivity index (χ0n) is 18.0. The Morgan fingerprint density at radius 1 is 1.06 bits per heavy atom. The molecule has 0 bridgehead atoms. The maximum absolute atomic E-state index is 12.9. The van der Waals surface area contributed by atoms with E-state index in [9.17, 15) is 4.79 Å². The number of fused-ring (bicyclic) bond motifs is 2. The molecule has 160 valence electrons. The van der Waals surface area contributed by atoms with Gasteiger partial charge >= 0.3 is 0 Å². The summed E-state index contributed by atoms with van der Waals surface area (Å²) in [6.45, 7) is 3.73. The third-order valence-electron chi connectivity index (χ3n) is 5.26. The number of carbonyl (C=O) groups is 1. The van der Waals surface area contributed by atoms with Gasteiger partial charge in [-0.25, -0.2) is 14.6 Å². The molecule has 0 spiro atoms. The van der Waals surface area contributed by atoms with Crippen LogP contribution in [-0.4, -0.2) is 36.7 Å². The van der Waals surface area contributed by atoms with Crippen molar-refractivity contribution >= 4 is 28.4 Å². The topological polar surface area (TPSA) is 86.3 Å². The number of aromatic nitrogens is 5. The van der Waals surface area contributed by atoms with Crippen LogP contribution in [0.25, 0.3) is 27.9 Å². The first-order chi connectivity index (χ1) is 15.5. The molecule has 0 aliphatic heterocycles. The molecule has 0 aliphatic rings. The minimum absolute atomic E-state index is 0.187. The van der Waals surface area contributed by atoms with Gasteiger partial charge in [0.2, 0.25) is 5.88 Å². The van der Waals surface area contributed by atoms with Crippen molar-refractivity contribution in [2.45, 2.75) is 13.8 Å². The maximum Gasteiger partial charge on any atom is 0.263 e. The lowest BCUT2D eigenvalue weighted by Crippen LogP contribution is -2.21. The summed E-state index contributed by atoms with van der Waals surface area (Å²) in [4.78, 5) is 22.1. The number of hydrogen-bond donors (Lipinski definition) is 1. The van der Waals surface area contributed by atoms with Gasteiger partial charge in [0.05, 0.1) is 5.39 Å². The average Bonchev–Trinajstić information content (AvgIpc) is 3.31. The number of nitrogens with zero attached hydrogens (tertiary/aromatic N) is 5. The van der Waals surface area contributed by atoms with Crippen molar-refractivity contribution in [3.05, 3.63) is 72.1 Å². The van der Waals surface area contributed by atoms with E-state index in [-0.39, 0.29) is 12.5 Å². The number of nitrogens with one attached hydrogen (secondary N) is 1. The number of ether oxygens (including phenoxy) is 1. The molecule has 8 heteroatoms. The van der Waals surface area contributed by atoms with Gasteiger partial charge in [0.1, 0.15) is 17.2 Å². The summed E-state index contributed by atoms with van der Waals surface area (Å²) in [5.41, 5.74) is 5.00. The summed E-state index contributed by atoms with van der Waals surface area (Å²) in [6.07, 6.45) is 1.87. The SMILES string of the molecule is Cc1cc(C)c2c(OCC(=O)Nc3c(-c4ccccc4)nc4ccccn34)nn(C)c2n1. The molecule has 4 heterocycles. The van der Waals surface area contributed by atoms with E-state index in [4.69, 9.17) is 9.72 Å². The lowest BCUT2D eigenvalue weighted by atomic mass is 10.1. The molecule has 8 nitrogen and oxygen atoms in total. The van der Waals surface area contributed by atoms with E-state index in [0.717, 1.165) is 33.5 Å². The Hall–Kier alpha value is -4.20. The van der Waals surface area contributed by atoms with Crippen LogP contribution in [0.3, 0.4) is 0 Å². The van der Waals surface area contributed by atoms with E-state index in [0.29, 0.717) is 17.4 Å². The number of aryl methyl sites for hydroxylation is 3. The monoisotopic (exact) mass is 426 g/mol. The molecule has 32 heavy (non-hydrogen) atoms. The molecule has 1 N–H and O–H groups in total. The zero-order chi connectivity index (χ0) is 22.2. The average molecular weight is 426 g/mol. The van der Waals surface area contributed by atoms with Crippen LogP contribution in [-0.2, 0) is 11.8 Å². The number of hydrogen-bond acceptors (Lipinski definition) is 5. The predicted octanol–water partition coefficient (Wildman–Crippen LogP) is 3.92. The quantitative estimate of drug-likeness (QED) is 0.460. The summed E-state index contributed by atoms with van der Waals surface area (Å²) >= 11 is 0. The highest BCUT2D eigenvalue weighted by Crippen LogP contribution is 2.29. The normalized spacial score (nSPS) is 11.2. The van der Waals surface area contributed by atoms with Gasteiger partial charge in [-0.15, -0.1) is 5.10 Å². The van der Waals surface area contributed by atoms with Gasteiger partial charge in [-0.3, -0.25) is 9.20 Å². The van der Waals surface area contributed by atoms with Crippen LogP contribution in [0, 0.1) is 13.8 Å². The largest absolute Gasteiger partial charge is 0.466 e. The first-order valence-electron chi connectivity index (χ1n) is 10.3. The Bertz CT molecular complexity index is 1450. The lowest BCUT2D eigenvalue weighted by molar-refractivity contribution is -0.118. The second-order valence-corrected chi connectivity index (χ2v) is 7.65. The maximum atomic E-state index is 12.9. The van der Waals surface area contributed by atoms with Gasteiger partial charge in [0, 0.05) is 24.5 Å². The number of pyridine rings is 2. The minimum Gasteiger partial charge on any atom is -0.466 e. The molecular weight excluding hydrogens is 404 g/mol. The van der Waals surface area contributed by atoms with Crippen molar-refractivity contribution < 1.29 is 9.53 Å². The van der Waals surface area contributed by atoms with Gasteiger partial charge in [-0.05, 0) is 37.6 Å². The summed E-state index contributed by atoms with van der Waals surface area (Å²) in [7, 11) is 1.81. The Morgan fingerprint density at radius 3 is 2.66 bits per heavy atom. The van der Waals surface area contributed by atoms with Gasteiger partial charge in [-0.2, -0.15) is 0 Å². The molecule has 5 rings (SSSR count). The van der Waals surface area contributed by atoms with Crippen molar-refractivity contribution in [2.75, 3.05) is 11.9 Å². The number of benzene rings is 1.